The zero-order chi connectivity index (χ0) is 22.1. The van der Waals surface area contributed by atoms with Crippen molar-refractivity contribution in [3.8, 4) is 11.5 Å². The number of rotatable bonds is 8. The van der Waals surface area contributed by atoms with Crippen molar-refractivity contribution in [2.45, 2.75) is 45.4 Å². The van der Waals surface area contributed by atoms with E-state index in [1.54, 1.807) is 21.3 Å². The van der Waals surface area contributed by atoms with Crippen molar-refractivity contribution in [3.63, 3.8) is 0 Å². The first-order valence-electron chi connectivity index (χ1n) is 10.8. The molecular formula is C23H39IN4O3. The fourth-order valence-electron chi connectivity index (χ4n) is 3.76. The van der Waals surface area contributed by atoms with E-state index in [1.807, 2.05) is 12.1 Å². The number of aliphatic imine (C=N–C) groups is 1. The van der Waals surface area contributed by atoms with E-state index >= 15 is 0 Å². The average Bonchev–Trinajstić information content (AvgIpc) is 2.76. The quantitative estimate of drug-likeness (QED) is 0.297. The summed E-state index contributed by atoms with van der Waals surface area (Å²) in [5.74, 6) is 2.99. The fraction of sp³-hybridized carbons (Fsp3) is 0.652. The maximum atomic E-state index is 11.7. The van der Waals surface area contributed by atoms with Crippen LogP contribution in [0, 0.1) is 5.92 Å². The Morgan fingerprint density at radius 3 is 2.39 bits per heavy atom. The lowest BCUT2D eigenvalue weighted by atomic mass is 9.84. The number of halogens is 1. The molecule has 0 bridgehead atoms. The maximum Gasteiger partial charge on any atom is 0.220 e. The first-order chi connectivity index (χ1) is 14.3. The Bertz CT molecular complexity index is 732. The Kier molecular flexibility index (Phi) is 11.4. The molecule has 7 nitrogen and oxygen atoms in total. The normalized spacial score (nSPS) is 15.2. The predicted octanol–water partition coefficient (Wildman–Crippen LogP) is 3.41. The highest BCUT2D eigenvalue weighted by molar-refractivity contribution is 14.0. The first kappa shape index (κ1) is 27.3. The Balaban J connectivity index is 0.00000480. The number of piperidine rings is 1. The van der Waals surface area contributed by atoms with Gasteiger partial charge >= 0.3 is 0 Å². The van der Waals surface area contributed by atoms with Gasteiger partial charge in [0.1, 0.15) is 0 Å². The van der Waals surface area contributed by atoms with Crippen LogP contribution in [0.2, 0.25) is 0 Å². The van der Waals surface area contributed by atoms with Crippen LogP contribution in [0.1, 0.15) is 45.6 Å². The van der Waals surface area contributed by atoms with Crippen LogP contribution in [-0.4, -0.2) is 64.2 Å². The number of benzene rings is 1. The van der Waals surface area contributed by atoms with Gasteiger partial charge in [0.2, 0.25) is 5.91 Å². The molecule has 0 saturated carbocycles. The molecule has 1 amide bonds. The van der Waals surface area contributed by atoms with Gasteiger partial charge in [0, 0.05) is 38.5 Å². The summed E-state index contributed by atoms with van der Waals surface area (Å²) in [5, 5.41) is 6.16. The summed E-state index contributed by atoms with van der Waals surface area (Å²) >= 11 is 0. The van der Waals surface area contributed by atoms with E-state index in [9.17, 15) is 4.79 Å². The highest BCUT2D eigenvalue weighted by atomic mass is 127. The molecule has 2 rings (SSSR count). The summed E-state index contributed by atoms with van der Waals surface area (Å²) in [6.07, 6.45) is 2.64. The molecule has 8 heteroatoms. The van der Waals surface area contributed by atoms with Gasteiger partial charge < -0.3 is 25.0 Å². The minimum atomic E-state index is -0.155. The van der Waals surface area contributed by atoms with Crippen LogP contribution in [0.25, 0.3) is 0 Å². The lowest BCUT2D eigenvalue weighted by Gasteiger charge is -2.34. The van der Waals surface area contributed by atoms with Gasteiger partial charge in [0.05, 0.1) is 20.8 Å². The third-order valence-corrected chi connectivity index (χ3v) is 5.79. The Morgan fingerprint density at radius 2 is 1.84 bits per heavy atom. The number of likely N-dealkylation sites (tertiary alicyclic amines) is 1. The lowest BCUT2D eigenvalue weighted by molar-refractivity contribution is -0.121. The SMILES string of the molecule is CCNC(=NCC(C)(C)c1ccc(OC)c(OC)c1)N1CCC(CC(=O)NC)CC1.I. The number of carbonyl (C=O) groups is 1. The number of guanidine groups is 1. The summed E-state index contributed by atoms with van der Waals surface area (Å²) in [6.45, 7) is 9.80. The highest BCUT2D eigenvalue weighted by Gasteiger charge is 2.25. The van der Waals surface area contributed by atoms with E-state index < -0.39 is 0 Å². The molecule has 0 spiro atoms. The van der Waals surface area contributed by atoms with Crippen molar-refractivity contribution in [1.82, 2.24) is 15.5 Å². The Labute approximate surface area is 204 Å². The maximum absolute atomic E-state index is 11.7. The van der Waals surface area contributed by atoms with E-state index in [4.69, 9.17) is 14.5 Å². The van der Waals surface area contributed by atoms with Crippen LogP contribution >= 0.6 is 24.0 Å². The summed E-state index contributed by atoms with van der Waals surface area (Å²) in [6, 6.07) is 6.06. The van der Waals surface area contributed by atoms with E-state index in [0.717, 1.165) is 55.5 Å². The highest BCUT2D eigenvalue weighted by Crippen LogP contribution is 2.33. The lowest BCUT2D eigenvalue weighted by Crippen LogP contribution is -2.46. The Hall–Kier alpha value is -1.71. The molecule has 1 heterocycles. The number of carbonyl (C=O) groups excluding carboxylic acids is 1. The van der Waals surface area contributed by atoms with Crippen molar-refractivity contribution in [2.75, 3.05) is 47.4 Å². The van der Waals surface area contributed by atoms with Crippen LogP contribution in [0.15, 0.2) is 23.2 Å². The minimum Gasteiger partial charge on any atom is -0.493 e. The molecule has 1 aliphatic rings. The zero-order valence-electron chi connectivity index (χ0n) is 19.8. The smallest absolute Gasteiger partial charge is 0.220 e. The van der Waals surface area contributed by atoms with Gasteiger partial charge in [-0.1, -0.05) is 19.9 Å². The molecule has 31 heavy (non-hydrogen) atoms. The topological polar surface area (TPSA) is 75.2 Å². The number of methoxy groups -OCH3 is 2. The second-order valence-electron chi connectivity index (χ2n) is 8.43. The molecule has 0 unspecified atom stereocenters. The van der Waals surface area contributed by atoms with Gasteiger partial charge in [-0.2, -0.15) is 0 Å². The van der Waals surface area contributed by atoms with E-state index in [-0.39, 0.29) is 35.3 Å². The number of nitrogens with zero attached hydrogens (tertiary/aromatic N) is 2. The fourth-order valence-corrected chi connectivity index (χ4v) is 3.76. The monoisotopic (exact) mass is 546 g/mol. The predicted molar refractivity (Wildman–Crippen MR) is 137 cm³/mol. The summed E-state index contributed by atoms with van der Waals surface area (Å²) in [5.41, 5.74) is 1.00. The third-order valence-electron chi connectivity index (χ3n) is 5.79. The molecule has 1 aromatic rings. The number of amides is 1. The molecule has 0 aliphatic carbocycles. The van der Waals surface area contributed by atoms with Gasteiger partial charge in [-0.25, -0.2) is 0 Å². The van der Waals surface area contributed by atoms with Crippen LogP contribution in [-0.2, 0) is 10.2 Å². The summed E-state index contributed by atoms with van der Waals surface area (Å²) in [7, 11) is 5.00. The second kappa shape index (κ2) is 13.0. The van der Waals surface area contributed by atoms with Gasteiger partial charge in [0.25, 0.3) is 0 Å². The van der Waals surface area contributed by atoms with Crippen molar-refractivity contribution in [1.29, 1.82) is 0 Å². The van der Waals surface area contributed by atoms with Crippen LogP contribution in [0.4, 0.5) is 0 Å². The molecule has 0 radical (unpaired) electrons. The number of ether oxygens (including phenoxy) is 2. The van der Waals surface area contributed by atoms with Crippen LogP contribution in [0.3, 0.4) is 0 Å². The Morgan fingerprint density at radius 1 is 1.19 bits per heavy atom. The van der Waals surface area contributed by atoms with Gasteiger partial charge in [0.15, 0.2) is 17.5 Å². The number of hydrogen-bond acceptors (Lipinski definition) is 4. The largest absolute Gasteiger partial charge is 0.493 e. The molecule has 0 atom stereocenters. The van der Waals surface area contributed by atoms with Crippen molar-refractivity contribution >= 4 is 35.8 Å². The van der Waals surface area contributed by atoms with Crippen molar-refractivity contribution < 1.29 is 14.3 Å². The molecule has 1 aliphatic heterocycles. The standard InChI is InChI=1S/C23H38N4O3.HI/c1-7-25-22(27-12-10-17(11-13-27)14-21(28)24-4)26-16-23(2,3)18-8-9-19(29-5)20(15-18)30-6;/h8-9,15,17H,7,10-14,16H2,1-6H3,(H,24,28)(H,25,26);1H. The molecule has 1 saturated heterocycles. The van der Waals surface area contributed by atoms with Gasteiger partial charge in [-0.05, 0) is 43.4 Å². The van der Waals surface area contributed by atoms with E-state index in [2.05, 4.69) is 42.4 Å². The van der Waals surface area contributed by atoms with Gasteiger partial charge in [-0.3, -0.25) is 9.79 Å². The van der Waals surface area contributed by atoms with Gasteiger partial charge in [-0.15, -0.1) is 24.0 Å². The van der Waals surface area contributed by atoms with E-state index in [0.29, 0.717) is 18.9 Å². The van der Waals surface area contributed by atoms with Crippen LogP contribution < -0.4 is 20.1 Å². The van der Waals surface area contributed by atoms with Crippen molar-refractivity contribution in [2.24, 2.45) is 10.9 Å². The average molecular weight is 546 g/mol. The third kappa shape index (κ3) is 7.73. The zero-order valence-corrected chi connectivity index (χ0v) is 22.1. The first-order valence-corrected chi connectivity index (χ1v) is 10.8. The molecule has 2 N–H and O–H groups in total. The number of hydrogen-bond donors (Lipinski definition) is 2. The van der Waals surface area contributed by atoms with Crippen molar-refractivity contribution in [3.05, 3.63) is 23.8 Å². The molecular weight excluding hydrogens is 507 g/mol. The second-order valence-corrected chi connectivity index (χ2v) is 8.43. The molecule has 1 fully saturated rings. The number of nitrogens with one attached hydrogen (secondary N) is 2. The van der Waals surface area contributed by atoms with E-state index in [1.165, 1.54) is 0 Å². The minimum absolute atomic E-state index is 0. The van der Waals surface area contributed by atoms with Crippen LogP contribution in [0.5, 0.6) is 11.5 Å². The molecule has 0 aromatic heterocycles. The summed E-state index contributed by atoms with van der Waals surface area (Å²) < 4.78 is 10.8. The summed E-state index contributed by atoms with van der Waals surface area (Å²) in [4.78, 5) is 18.9. The molecule has 176 valence electrons. The molecule has 1 aromatic carbocycles.